The minimum Gasteiger partial charge on any atom is -0.477 e. The van der Waals surface area contributed by atoms with Gasteiger partial charge in [0.05, 0.1) is 5.69 Å². The molecule has 0 spiro atoms. The normalized spacial score (nSPS) is 10.6. The van der Waals surface area contributed by atoms with Crippen LogP contribution in [0.3, 0.4) is 0 Å². The first-order valence-electron chi connectivity index (χ1n) is 5.89. The lowest BCUT2D eigenvalue weighted by molar-refractivity contribution is 0.0690. The molecule has 0 bridgehead atoms. The Morgan fingerprint density at radius 2 is 2.32 bits per heavy atom. The van der Waals surface area contributed by atoms with Crippen LogP contribution in [0.2, 0.25) is 0 Å². The van der Waals surface area contributed by atoms with Gasteiger partial charge in [-0.05, 0) is 12.1 Å². The van der Waals surface area contributed by atoms with Crippen LogP contribution in [-0.2, 0) is 20.0 Å². The molecule has 7 heteroatoms. The van der Waals surface area contributed by atoms with E-state index in [0.717, 1.165) is 18.8 Å². The van der Waals surface area contributed by atoms with E-state index in [4.69, 9.17) is 5.11 Å². The lowest BCUT2D eigenvalue weighted by Gasteiger charge is -2.04. The van der Waals surface area contributed by atoms with Crippen LogP contribution in [0.5, 0.6) is 0 Å². The second kappa shape index (κ2) is 6.05. The summed E-state index contributed by atoms with van der Waals surface area (Å²) >= 11 is 0. The fourth-order valence-corrected chi connectivity index (χ4v) is 1.65. The lowest BCUT2D eigenvalue weighted by atomic mass is 10.3. The highest BCUT2D eigenvalue weighted by Crippen LogP contribution is 1.99. The van der Waals surface area contributed by atoms with Crippen LogP contribution in [0.1, 0.15) is 22.0 Å². The third kappa shape index (κ3) is 3.59. The van der Waals surface area contributed by atoms with Gasteiger partial charge in [0.1, 0.15) is 17.8 Å². The third-order valence-corrected chi connectivity index (χ3v) is 2.66. The summed E-state index contributed by atoms with van der Waals surface area (Å²) in [6.07, 6.45) is 2.42. The predicted molar refractivity (Wildman–Crippen MR) is 67.6 cm³/mol. The van der Waals surface area contributed by atoms with Crippen molar-refractivity contribution >= 4 is 5.97 Å². The van der Waals surface area contributed by atoms with Crippen molar-refractivity contribution in [3.63, 3.8) is 0 Å². The van der Waals surface area contributed by atoms with Crippen molar-refractivity contribution < 1.29 is 9.90 Å². The first kappa shape index (κ1) is 13.2. The Morgan fingerprint density at radius 3 is 3.00 bits per heavy atom. The van der Waals surface area contributed by atoms with Gasteiger partial charge >= 0.3 is 5.97 Å². The van der Waals surface area contributed by atoms with E-state index in [9.17, 15) is 4.79 Å². The fourth-order valence-electron chi connectivity index (χ4n) is 1.65. The van der Waals surface area contributed by atoms with Crippen LogP contribution in [0, 0.1) is 0 Å². The molecule has 0 aromatic carbocycles. The largest absolute Gasteiger partial charge is 0.477 e. The average Bonchev–Trinajstić information content (AvgIpc) is 2.81. The molecule has 0 radical (unpaired) electrons. The Morgan fingerprint density at radius 1 is 1.47 bits per heavy atom. The molecule has 7 nitrogen and oxygen atoms in total. The van der Waals surface area contributed by atoms with E-state index < -0.39 is 5.97 Å². The molecule has 19 heavy (non-hydrogen) atoms. The second-order valence-corrected chi connectivity index (χ2v) is 4.10. The summed E-state index contributed by atoms with van der Waals surface area (Å²) in [5.74, 6) is -0.110. The molecular weight excluding hydrogens is 246 g/mol. The van der Waals surface area contributed by atoms with E-state index in [1.807, 2.05) is 11.6 Å². The smallest absolute Gasteiger partial charge is 0.354 e. The summed E-state index contributed by atoms with van der Waals surface area (Å²) in [7, 11) is 1.90. The molecule has 0 fully saturated rings. The van der Waals surface area contributed by atoms with E-state index in [1.165, 1.54) is 6.07 Å². The highest BCUT2D eigenvalue weighted by atomic mass is 16.4. The molecule has 0 unspecified atom stereocenters. The fraction of sp³-hybridized carbons (Fsp3) is 0.333. The Labute approximate surface area is 110 Å². The van der Waals surface area contributed by atoms with Gasteiger partial charge < -0.3 is 15.0 Å². The SMILES string of the molecule is Cn1cnnc1CCNCc1cccc(C(=O)O)n1. The van der Waals surface area contributed by atoms with Gasteiger partial charge in [0.25, 0.3) is 0 Å². The van der Waals surface area contributed by atoms with Crippen LogP contribution in [-0.4, -0.2) is 37.4 Å². The Bertz CT molecular complexity index is 567. The van der Waals surface area contributed by atoms with Gasteiger partial charge in [-0.15, -0.1) is 10.2 Å². The van der Waals surface area contributed by atoms with Gasteiger partial charge in [0, 0.05) is 26.6 Å². The topological polar surface area (TPSA) is 92.9 Å². The van der Waals surface area contributed by atoms with E-state index in [1.54, 1.807) is 18.5 Å². The average molecular weight is 261 g/mol. The molecular formula is C12H15N5O2. The Hall–Kier alpha value is -2.28. The monoisotopic (exact) mass is 261 g/mol. The van der Waals surface area contributed by atoms with Gasteiger partial charge in [-0.25, -0.2) is 9.78 Å². The van der Waals surface area contributed by atoms with E-state index >= 15 is 0 Å². The van der Waals surface area contributed by atoms with Crippen LogP contribution < -0.4 is 5.32 Å². The standard InChI is InChI=1S/C12H15N5O2/c1-17-8-14-16-11(17)5-6-13-7-9-3-2-4-10(15-9)12(18)19/h2-4,8,13H,5-7H2,1H3,(H,18,19). The zero-order valence-corrected chi connectivity index (χ0v) is 10.6. The summed E-state index contributed by atoms with van der Waals surface area (Å²) in [5.41, 5.74) is 0.769. The number of aryl methyl sites for hydroxylation is 1. The third-order valence-electron chi connectivity index (χ3n) is 2.66. The molecule has 0 aliphatic carbocycles. The maximum Gasteiger partial charge on any atom is 0.354 e. The Balaban J connectivity index is 1.81. The number of aromatic carboxylic acids is 1. The van der Waals surface area contributed by atoms with Gasteiger partial charge in [-0.3, -0.25) is 0 Å². The van der Waals surface area contributed by atoms with Crippen molar-refractivity contribution in [2.24, 2.45) is 7.05 Å². The molecule has 0 aliphatic rings. The molecule has 0 saturated carbocycles. The second-order valence-electron chi connectivity index (χ2n) is 4.10. The van der Waals surface area contributed by atoms with E-state index in [0.29, 0.717) is 12.2 Å². The molecule has 0 atom stereocenters. The van der Waals surface area contributed by atoms with Gasteiger partial charge in [-0.2, -0.15) is 0 Å². The van der Waals surface area contributed by atoms with Crippen LogP contribution in [0.15, 0.2) is 24.5 Å². The number of carboxylic acid groups (broad SMARTS) is 1. The molecule has 100 valence electrons. The van der Waals surface area contributed by atoms with Crippen molar-refractivity contribution in [2.45, 2.75) is 13.0 Å². The number of hydrogen-bond donors (Lipinski definition) is 2. The summed E-state index contributed by atoms with van der Waals surface area (Å²) in [5, 5.41) is 19.8. The molecule has 0 aliphatic heterocycles. The first-order valence-corrected chi connectivity index (χ1v) is 5.89. The molecule has 0 amide bonds. The molecule has 2 rings (SSSR count). The number of aromatic nitrogens is 4. The quantitative estimate of drug-likeness (QED) is 0.724. The van der Waals surface area contributed by atoms with Crippen molar-refractivity contribution in [2.75, 3.05) is 6.54 Å². The van der Waals surface area contributed by atoms with Crippen LogP contribution in [0.25, 0.3) is 0 Å². The van der Waals surface area contributed by atoms with E-state index in [2.05, 4.69) is 20.5 Å². The Kier molecular flexibility index (Phi) is 4.19. The summed E-state index contributed by atoms with van der Waals surface area (Å²) in [4.78, 5) is 14.8. The molecule has 2 heterocycles. The molecule has 2 aromatic heterocycles. The van der Waals surface area contributed by atoms with Crippen molar-refractivity contribution in [1.29, 1.82) is 0 Å². The number of rotatable bonds is 6. The van der Waals surface area contributed by atoms with Crippen LogP contribution in [0.4, 0.5) is 0 Å². The molecule has 2 N–H and O–H groups in total. The van der Waals surface area contributed by atoms with Crippen molar-refractivity contribution in [3.8, 4) is 0 Å². The maximum absolute atomic E-state index is 10.8. The number of carboxylic acids is 1. The summed E-state index contributed by atoms with van der Waals surface area (Å²) in [6.45, 7) is 1.25. The van der Waals surface area contributed by atoms with E-state index in [-0.39, 0.29) is 5.69 Å². The maximum atomic E-state index is 10.8. The number of nitrogens with zero attached hydrogens (tertiary/aromatic N) is 4. The number of carbonyl (C=O) groups is 1. The lowest BCUT2D eigenvalue weighted by Crippen LogP contribution is -2.19. The first-order chi connectivity index (χ1) is 9.16. The zero-order chi connectivity index (χ0) is 13.7. The minimum atomic E-state index is -1.01. The highest BCUT2D eigenvalue weighted by molar-refractivity contribution is 5.85. The van der Waals surface area contributed by atoms with Crippen LogP contribution >= 0.6 is 0 Å². The summed E-state index contributed by atoms with van der Waals surface area (Å²) in [6, 6.07) is 4.96. The van der Waals surface area contributed by atoms with Crippen molar-refractivity contribution in [1.82, 2.24) is 25.1 Å². The number of pyridine rings is 1. The molecule has 0 saturated heterocycles. The van der Waals surface area contributed by atoms with Gasteiger partial charge in [0.2, 0.25) is 0 Å². The number of hydrogen-bond acceptors (Lipinski definition) is 5. The zero-order valence-electron chi connectivity index (χ0n) is 10.6. The van der Waals surface area contributed by atoms with Crippen molar-refractivity contribution in [3.05, 3.63) is 41.7 Å². The predicted octanol–water partition coefficient (Wildman–Crippen LogP) is 0.241. The van der Waals surface area contributed by atoms with Gasteiger partial charge in [0.15, 0.2) is 0 Å². The summed E-state index contributed by atoms with van der Waals surface area (Å²) < 4.78 is 1.87. The highest BCUT2D eigenvalue weighted by Gasteiger charge is 2.05. The minimum absolute atomic E-state index is 0.0626. The molecule has 2 aromatic rings. The van der Waals surface area contributed by atoms with Gasteiger partial charge in [-0.1, -0.05) is 6.07 Å². The number of nitrogens with one attached hydrogen (secondary N) is 1.